The maximum Gasteiger partial charge on any atom is 0.326 e. The van der Waals surface area contributed by atoms with Gasteiger partial charge in [-0.1, -0.05) is 0 Å². The summed E-state index contributed by atoms with van der Waals surface area (Å²) in [4.78, 5) is 28.0. The van der Waals surface area contributed by atoms with Crippen LogP contribution in [0.4, 0.5) is 0 Å². The molecule has 1 aromatic carbocycles. The Morgan fingerprint density at radius 1 is 1.21 bits per heavy atom. The van der Waals surface area contributed by atoms with Crippen molar-refractivity contribution in [2.45, 2.75) is 25.4 Å². The third-order valence-corrected chi connectivity index (χ3v) is 4.67. The Bertz CT molecular complexity index is 673. The quantitative estimate of drug-likeness (QED) is 0.888. The zero-order valence-electron chi connectivity index (χ0n) is 14.1. The van der Waals surface area contributed by atoms with E-state index in [0.717, 1.165) is 5.56 Å². The molecule has 7 heteroatoms. The maximum atomic E-state index is 13.0. The fourth-order valence-electron chi connectivity index (χ4n) is 3.22. The molecule has 0 aliphatic carbocycles. The third kappa shape index (κ3) is 2.91. The number of carboxylic acid groups (broad SMARTS) is 1. The highest BCUT2D eigenvalue weighted by Gasteiger charge is 2.41. The van der Waals surface area contributed by atoms with Crippen LogP contribution in [0.2, 0.25) is 0 Å². The van der Waals surface area contributed by atoms with Crippen LogP contribution < -0.4 is 9.47 Å². The fourth-order valence-corrected chi connectivity index (χ4v) is 3.22. The molecule has 0 aromatic heterocycles. The van der Waals surface area contributed by atoms with Gasteiger partial charge in [0.2, 0.25) is 0 Å². The normalized spacial score (nSPS) is 22.8. The molecular weight excluding hydrogens is 312 g/mol. The van der Waals surface area contributed by atoms with Gasteiger partial charge in [-0.15, -0.1) is 0 Å². The lowest BCUT2D eigenvalue weighted by molar-refractivity contribution is -0.141. The fraction of sp³-hybridized carbons (Fsp3) is 0.529. The highest BCUT2D eigenvalue weighted by atomic mass is 16.6. The Balaban J connectivity index is 1.91. The van der Waals surface area contributed by atoms with Gasteiger partial charge in [-0.05, 0) is 45.1 Å². The third-order valence-electron chi connectivity index (χ3n) is 4.67. The number of hydrogen-bond acceptors (Lipinski definition) is 5. The van der Waals surface area contributed by atoms with Gasteiger partial charge in [-0.25, -0.2) is 4.79 Å². The van der Waals surface area contributed by atoms with E-state index in [1.165, 1.54) is 4.90 Å². The van der Waals surface area contributed by atoms with Crippen molar-refractivity contribution in [3.8, 4) is 11.5 Å². The SMILES string of the molecule is Cc1cc2c(cc1C(=O)N1C[C@H](N(C)C)C[C@H]1C(=O)O)OCCO2. The van der Waals surface area contributed by atoms with Crippen molar-refractivity contribution in [3.63, 3.8) is 0 Å². The minimum absolute atomic E-state index is 0.0348. The van der Waals surface area contributed by atoms with Crippen LogP contribution in [0, 0.1) is 6.92 Å². The van der Waals surface area contributed by atoms with Gasteiger partial charge in [0, 0.05) is 18.2 Å². The molecule has 0 unspecified atom stereocenters. The molecular formula is C17H22N2O5. The number of amides is 1. The number of rotatable bonds is 3. The number of likely N-dealkylation sites (N-methyl/N-ethyl adjacent to an activating group) is 1. The van der Waals surface area contributed by atoms with E-state index in [0.29, 0.717) is 43.2 Å². The van der Waals surface area contributed by atoms with Crippen LogP contribution in [-0.4, -0.2) is 72.7 Å². The number of likely N-dealkylation sites (tertiary alicyclic amines) is 1. The summed E-state index contributed by atoms with van der Waals surface area (Å²) in [5.74, 6) is -0.0905. The molecule has 0 bridgehead atoms. The summed E-state index contributed by atoms with van der Waals surface area (Å²) in [5.41, 5.74) is 1.21. The molecule has 0 saturated carbocycles. The van der Waals surface area contributed by atoms with Gasteiger partial charge >= 0.3 is 5.97 Å². The predicted molar refractivity (Wildman–Crippen MR) is 86.7 cm³/mol. The number of hydrogen-bond donors (Lipinski definition) is 1. The van der Waals surface area contributed by atoms with Gasteiger partial charge in [-0.3, -0.25) is 4.79 Å². The minimum Gasteiger partial charge on any atom is -0.486 e. The molecule has 7 nitrogen and oxygen atoms in total. The average molecular weight is 334 g/mol. The first-order valence-corrected chi connectivity index (χ1v) is 7.99. The van der Waals surface area contributed by atoms with E-state index in [9.17, 15) is 14.7 Å². The number of fused-ring (bicyclic) bond motifs is 1. The van der Waals surface area contributed by atoms with Crippen LogP contribution >= 0.6 is 0 Å². The van der Waals surface area contributed by atoms with Gasteiger partial charge in [0.05, 0.1) is 0 Å². The van der Waals surface area contributed by atoms with E-state index >= 15 is 0 Å². The van der Waals surface area contributed by atoms with Crippen molar-refractivity contribution in [1.82, 2.24) is 9.80 Å². The topological polar surface area (TPSA) is 79.3 Å². The van der Waals surface area contributed by atoms with Gasteiger partial charge in [0.25, 0.3) is 5.91 Å². The van der Waals surface area contributed by atoms with Crippen LogP contribution in [0.5, 0.6) is 11.5 Å². The largest absolute Gasteiger partial charge is 0.486 e. The molecule has 2 atom stereocenters. The van der Waals surface area contributed by atoms with Crippen molar-refractivity contribution in [2.75, 3.05) is 33.9 Å². The van der Waals surface area contributed by atoms with Crippen LogP contribution in [0.15, 0.2) is 12.1 Å². The Labute approximate surface area is 140 Å². The Morgan fingerprint density at radius 3 is 2.42 bits per heavy atom. The van der Waals surface area contributed by atoms with Crippen molar-refractivity contribution in [1.29, 1.82) is 0 Å². The van der Waals surface area contributed by atoms with Gasteiger partial charge < -0.3 is 24.4 Å². The summed E-state index contributed by atoms with van der Waals surface area (Å²) in [6.07, 6.45) is 0.428. The second-order valence-corrected chi connectivity index (χ2v) is 6.48. The van der Waals surface area contributed by atoms with Crippen LogP contribution in [0.25, 0.3) is 0 Å². The first-order valence-electron chi connectivity index (χ1n) is 7.99. The highest BCUT2D eigenvalue weighted by molar-refractivity contribution is 5.99. The molecule has 1 fully saturated rings. The van der Waals surface area contributed by atoms with E-state index in [1.807, 2.05) is 25.9 Å². The summed E-state index contributed by atoms with van der Waals surface area (Å²) >= 11 is 0. The number of carbonyl (C=O) groups excluding carboxylic acids is 1. The summed E-state index contributed by atoms with van der Waals surface area (Å²) in [5, 5.41) is 9.48. The second-order valence-electron chi connectivity index (χ2n) is 6.48. The number of carboxylic acids is 1. The standard InChI is InChI=1S/C17H22N2O5/c1-10-6-14-15(24-5-4-23-14)8-12(10)16(20)19-9-11(18(2)3)7-13(19)17(21)22/h6,8,11,13H,4-5,7,9H2,1-3H3,(H,21,22)/t11-,13+/m1/s1. The molecule has 1 saturated heterocycles. The van der Waals surface area contributed by atoms with E-state index < -0.39 is 12.0 Å². The first-order chi connectivity index (χ1) is 11.4. The summed E-state index contributed by atoms with van der Waals surface area (Å²) in [6.45, 7) is 3.14. The minimum atomic E-state index is -0.970. The van der Waals surface area contributed by atoms with E-state index in [-0.39, 0.29) is 11.9 Å². The highest BCUT2D eigenvalue weighted by Crippen LogP contribution is 2.34. The van der Waals surface area contributed by atoms with Crippen LogP contribution in [-0.2, 0) is 4.79 Å². The average Bonchev–Trinajstić information content (AvgIpc) is 2.99. The van der Waals surface area contributed by atoms with E-state index in [4.69, 9.17) is 9.47 Å². The molecule has 0 spiro atoms. The molecule has 2 aliphatic heterocycles. The second kappa shape index (κ2) is 6.32. The van der Waals surface area contributed by atoms with Crippen molar-refractivity contribution in [2.24, 2.45) is 0 Å². The predicted octanol–water partition coefficient (Wildman–Crippen LogP) is 0.996. The number of ether oxygens (including phenoxy) is 2. The maximum absolute atomic E-state index is 13.0. The zero-order chi connectivity index (χ0) is 17.4. The van der Waals surface area contributed by atoms with Gasteiger partial charge in [0.15, 0.2) is 11.5 Å². The Morgan fingerprint density at radius 2 is 1.83 bits per heavy atom. The summed E-state index contributed by atoms with van der Waals surface area (Å²) in [7, 11) is 3.79. The number of nitrogens with zero attached hydrogens (tertiary/aromatic N) is 2. The summed E-state index contributed by atoms with van der Waals surface area (Å²) in [6, 6.07) is 2.66. The Hall–Kier alpha value is -2.28. The first kappa shape index (κ1) is 16.6. The van der Waals surface area contributed by atoms with Crippen molar-refractivity contribution < 1.29 is 24.2 Å². The lowest BCUT2D eigenvalue weighted by Gasteiger charge is -2.25. The van der Waals surface area contributed by atoms with Crippen molar-refractivity contribution in [3.05, 3.63) is 23.3 Å². The van der Waals surface area contributed by atoms with Crippen molar-refractivity contribution >= 4 is 11.9 Å². The van der Waals surface area contributed by atoms with E-state index in [2.05, 4.69) is 0 Å². The number of aliphatic carboxylic acids is 1. The summed E-state index contributed by atoms with van der Waals surface area (Å²) < 4.78 is 11.1. The molecule has 1 amide bonds. The molecule has 1 N–H and O–H groups in total. The molecule has 3 rings (SSSR count). The van der Waals surface area contributed by atoms with Crippen LogP contribution in [0.1, 0.15) is 22.3 Å². The van der Waals surface area contributed by atoms with Gasteiger partial charge in [-0.2, -0.15) is 0 Å². The molecule has 1 aromatic rings. The van der Waals surface area contributed by atoms with Crippen LogP contribution in [0.3, 0.4) is 0 Å². The molecule has 2 heterocycles. The zero-order valence-corrected chi connectivity index (χ0v) is 14.1. The Kier molecular flexibility index (Phi) is 4.36. The lowest BCUT2D eigenvalue weighted by Crippen LogP contribution is -2.41. The molecule has 2 aliphatic rings. The number of carbonyl (C=O) groups is 2. The molecule has 0 radical (unpaired) electrons. The lowest BCUT2D eigenvalue weighted by atomic mass is 10.1. The number of aryl methyl sites for hydroxylation is 1. The molecule has 24 heavy (non-hydrogen) atoms. The monoisotopic (exact) mass is 334 g/mol. The van der Waals surface area contributed by atoms with E-state index in [1.54, 1.807) is 12.1 Å². The molecule has 130 valence electrons. The smallest absolute Gasteiger partial charge is 0.326 e. The van der Waals surface area contributed by atoms with Gasteiger partial charge in [0.1, 0.15) is 19.3 Å². The number of benzene rings is 1.